The van der Waals surface area contributed by atoms with Crippen LogP contribution in [0.4, 0.5) is 0 Å². The summed E-state index contributed by atoms with van der Waals surface area (Å²) in [5, 5.41) is 1.09. The molecule has 0 aliphatic carbocycles. The molecule has 2 saturated heterocycles. The lowest BCUT2D eigenvalue weighted by Gasteiger charge is -2.29. The molecule has 2 aliphatic rings. The van der Waals surface area contributed by atoms with Crippen molar-refractivity contribution in [1.29, 1.82) is 0 Å². The number of piperidine rings is 1. The molecule has 0 spiro atoms. The summed E-state index contributed by atoms with van der Waals surface area (Å²) in [6.07, 6.45) is 4.22. The molecule has 2 aliphatic heterocycles. The molecule has 0 radical (unpaired) electrons. The smallest absolute Gasteiger partial charge is 0.270 e. The molecule has 2 amide bonds. The molecule has 5 heteroatoms. The van der Waals surface area contributed by atoms with Gasteiger partial charge in [-0.05, 0) is 50.8 Å². The zero-order valence-corrected chi connectivity index (χ0v) is 15.7. The van der Waals surface area contributed by atoms with Gasteiger partial charge in [0.15, 0.2) is 0 Å². The summed E-state index contributed by atoms with van der Waals surface area (Å²) in [5.74, 6) is 0.247. The highest BCUT2D eigenvalue weighted by atomic mass is 16.2. The fraction of sp³-hybridized carbons (Fsp3) is 0.524. The maximum absolute atomic E-state index is 13.0. The van der Waals surface area contributed by atoms with E-state index in [1.165, 1.54) is 12.0 Å². The highest BCUT2D eigenvalue weighted by Crippen LogP contribution is 2.25. The Balaban J connectivity index is 1.49. The third-order valence-electron chi connectivity index (χ3n) is 5.91. The van der Waals surface area contributed by atoms with Gasteiger partial charge in [-0.1, -0.05) is 11.6 Å². The average Bonchev–Trinajstić information content (AvgIpc) is 3.26. The van der Waals surface area contributed by atoms with Crippen molar-refractivity contribution < 1.29 is 9.59 Å². The first-order chi connectivity index (χ1) is 12.5. The number of fused-ring (bicyclic) bond motifs is 1. The maximum atomic E-state index is 13.0. The predicted octanol–water partition coefficient (Wildman–Crippen LogP) is 2.96. The number of carbonyl (C=O) groups excluding carboxylic acids is 2. The number of amides is 2. The van der Waals surface area contributed by atoms with E-state index in [0.717, 1.165) is 43.3 Å². The maximum Gasteiger partial charge on any atom is 0.270 e. The lowest BCUT2D eigenvalue weighted by atomic mass is 10.0. The minimum absolute atomic E-state index is 0.0334. The summed E-state index contributed by atoms with van der Waals surface area (Å²) in [6, 6.07) is 8.22. The standard InChI is InChI=1S/C21H27N3O2/c1-15-6-7-18-17(12-15)13-19(22(18)2)21(26)24-11-8-16(14-24)20(25)23-9-4-3-5-10-23/h6-7,12-13,16H,3-5,8-11,14H2,1-2H3/t16-/m0/s1. The van der Waals surface area contributed by atoms with Crippen molar-refractivity contribution in [3.8, 4) is 0 Å². The molecular weight excluding hydrogens is 326 g/mol. The molecule has 1 aromatic heterocycles. The first-order valence-corrected chi connectivity index (χ1v) is 9.69. The Morgan fingerprint density at radius 1 is 1.00 bits per heavy atom. The van der Waals surface area contributed by atoms with Crippen LogP contribution in [0.2, 0.25) is 0 Å². The Bertz CT molecular complexity index is 848. The molecule has 5 nitrogen and oxygen atoms in total. The highest BCUT2D eigenvalue weighted by molar-refractivity contribution is 5.99. The largest absolute Gasteiger partial charge is 0.342 e. The molecule has 1 aromatic carbocycles. The van der Waals surface area contributed by atoms with Crippen LogP contribution in [-0.4, -0.2) is 52.4 Å². The lowest BCUT2D eigenvalue weighted by Crippen LogP contribution is -2.41. The summed E-state index contributed by atoms with van der Waals surface area (Å²) in [5.41, 5.74) is 2.96. The molecule has 1 atom stereocenters. The molecule has 2 aromatic rings. The van der Waals surface area contributed by atoms with E-state index in [-0.39, 0.29) is 17.7 Å². The van der Waals surface area contributed by atoms with Gasteiger partial charge in [-0.25, -0.2) is 0 Å². The fourth-order valence-electron chi connectivity index (χ4n) is 4.35. The number of hydrogen-bond donors (Lipinski definition) is 0. The van der Waals surface area contributed by atoms with Gasteiger partial charge in [-0.3, -0.25) is 9.59 Å². The number of rotatable bonds is 2. The summed E-state index contributed by atoms with van der Waals surface area (Å²) < 4.78 is 1.97. The SMILES string of the molecule is Cc1ccc2c(c1)cc(C(=O)N1CC[C@H](C(=O)N3CCCCC3)C1)n2C. The fourth-order valence-corrected chi connectivity index (χ4v) is 4.35. The molecule has 0 bridgehead atoms. The first kappa shape index (κ1) is 17.1. The third kappa shape index (κ3) is 3.00. The Hall–Kier alpha value is -2.30. The number of carbonyl (C=O) groups is 2. The average molecular weight is 353 g/mol. The Morgan fingerprint density at radius 2 is 1.77 bits per heavy atom. The van der Waals surface area contributed by atoms with Crippen LogP contribution < -0.4 is 0 Å². The molecular formula is C21H27N3O2. The number of nitrogens with zero attached hydrogens (tertiary/aromatic N) is 3. The van der Waals surface area contributed by atoms with Gasteiger partial charge in [0.2, 0.25) is 5.91 Å². The van der Waals surface area contributed by atoms with E-state index in [2.05, 4.69) is 25.1 Å². The van der Waals surface area contributed by atoms with Gasteiger partial charge in [-0.15, -0.1) is 0 Å². The van der Waals surface area contributed by atoms with Crippen LogP contribution in [0.15, 0.2) is 24.3 Å². The number of benzene rings is 1. The second-order valence-corrected chi connectivity index (χ2v) is 7.77. The predicted molar refractivity (Wildman–Crippen MR) is 102 cm³/mol. The van der Waals surface area contributed by atoms with Crippen LogP contribution in [0, 0.1) is 12.8 Å². The number of likely N-dealkylation sites (tertiary alicyclic amines) is 2. The summed E-state index contributed by atoms with van der Waals surface area (Å²) >= 11 is 0. The van der Waals surface area contributed by atoms with Crippen LogP contribution in [-0.2, 0) is 11.8 Å². The lowest BCUT2D eigenvalue weighted by molar-refractivity contribution is -0.135. The molecule has 0 N–H and O–H groups in total. The topological polar surface area (TPSA) is 45.6 Å². The second-order valence-electron chi connectivity index (χ2n) is 7.77. The van der Waals surface area contributed by atoms with E-state index < -0.39 is 0 Å². The zero-order chi connectivity index (χ0) is 18.3. The monoisotopic (exact) mass is 353 g/mol. The number of aromatic nitrogens is 1. The summed E-state index contributed by atoms with van der Waals surface area (Å²) in [4.78, 5) is 29.6. The van der Waals surface area contributed by atoms with Gasteiger partial charge >= 0.3 is 0 Å². The van der Waals surface area contributed by atoms with Crippen molar-refractivity contribution >= 4 is 22.7 Å². The van der Waals surface area contributed by atoms with Crippen molar-refractivity contribution in [2.75, 3.05) is 26.2 Å². The van der Waals surface area contributed by atoms with E-state index in [1.807, 2.05) is 27.5 Å². The summed E-state index contributed by atoms with van der Waals surface area (Å²) in [7, 11) is 1.94. The van der Waals surface area contributed by atoms with E-state index >= 15 is 0 Å². The minimum atomic E-state index is -0.0334. The molecule has 0 saturated carbocycles. The minimum Gasteiger partial charge on any atom is -0.342 e. The van der Waals surface area contributed by atoms with Gasteiger partial charge in [-0.2, -0.15) is 0 Å². The van der Waals surface area contributed by atoms with Crippen molar-refractivity contribution in [3.05, 3.63) is 35.5 Å². The first-order valence-electron chi connectivity index (χ1n) is 9.69. The molecule has 3 heterocycles. The van der Waals surface area contributed by atoms with Crippen molar-refractivity contribution in [1.82, 2.24) is 14.4 Å². The van der Waals surface area contributed by atoms with Gasteiger partial charge < -0.3 is 14.4 Å². The Morgan fingerprint density at radius 3 is 2.54 bits per heavy atom. The van der Waals surface area contributed by atoms with Crippen molar-refractivity contribution in [2.24, 2.45) is 13.0 Å². The molecule has 26 heavy (non-hydrogen) atoms. The third-order valence-corrected chi connectivity index (χ3v) is 5.91. The zero-order valence-electron chi connectivity index (χ0n) is 15.7. The molecule has 4 rings (SSSR count). The van der Waals surface area contributed by atoms with E-state index in [9.17, 15) is 9.59 Å². The second kappa shape index (κ2) is 6.78. The normalized spacial score (nSPS) is 20.8. The number of hydrogen-bond acceptors (Lipinski definition) is 2. The number of aryl methyl sites for hydroxylation is 2. The van der Waals surface area contributed by atoms with Gasteiger partial charge in [0.1, 0.15) is 5.69 Å². The van der Waals surface area contributed by atoms with E-state index in [4.69, 9.17) is 0 Å². The van der Waals surface area contributed by atoms with Crippen LogP contribution in [0.1, 0.15) is 41.7 Å². The van der Waals surface area contributed by atoms with Gasteiger partial charge in [0.25, 0.3) is 5.91 Å². The molecule has 0 unspecified atom stereocenters. The van der Waals surface area contributed by atoms with Crippen molar-refractivity contribution in [3.63, 3.8) is 0 Å². The van der Waals surface area contributed by atoms with Crippen LogP contribution in [0.25, 0.3) is 10.9 Å². The van der Waals surface area contributed by atoms with E-state index in [1.54, 1.807) is 0 Å². The molecule has 2 fully saturated rings. The van der Waals surface area contributed by atoms with Gasteiger partial charge in [0, 0.05) is 44.1 Å². The van der Waals surface area contributed by atoms with Crippen LogP contribution >= 0.6 is 0 Å². The van der Waals surface area contributed by atoms with Crippen LogP contribution in [0.3, 0.4) is 0 Å². The van der Waals surface area contributed by atoms with E-state index in [0.29, 0.717) is 18.8 Å². The van der Waals surface area contributed by atoms with Crippen LogP contribution in [0.5, 0.6) is 0 Å². The molecule has 138 valence electrons. The Kier molecular flexibility index (Phi) is 4.47. The summed E-state index contributed by atoms with van der Waals surface area (Å²) in [6.45, 7) is 5.04. The Labute approximate surface area is 154 Å². The van der Waals surface area contributed by atoms with Crippen molar-refractivity contribution in [2.45, 2.75) is 32.6 Å². The highest BCUT2D eigenvalue weighted by Gasteiger charge is 2.35. The van der Waals surface area contributed by atoms with Gasteiger partial charge in [0.05, 0.1) is 5.92 Å². The quantitative estimate of drug-likeness (QED) is 0.833.